The Morgan fingerprint density at radius 2 is 1.92 bits per heavy atom. The van der Waals surface area contributed by atoms with Crippen molar-refractivity contribution in [1.82, 2.24) is 4.98 Å². The molecule has 2 nitrogen and oxygen atoms in total. The van der Waals surface area contributed by atoms with Crippen molar-refractivity contribution in [2.75, 3.05) is 0 Å². The summed E-state index contributed by atoms with van der Waals surface area (Å²) in [6, 6.07) is 6.59. The normalized spacial score (nSPS) is 28.7. The van der Waals surface area contributed by atoms with E-state index in [1.807, 2.05) is 12.3 Å². The molecule has 2 N–H and O–H groups in total. The molecule has 0 spiro atoms. The van der Waals surface area contributed by atoms with Gasteiger partial charge in [-0.25, -0.2) is 0 Å². The minimum absolute atomic E-state index is 0.431. The molecule has 0 aromatic carbocycles. The van der Waals surface area contributed by atoms with Gasteiger partial charge in [-0.05, 0) is 37.8 Å². The first-order valence-corrected chi connectivity index (χ1v) is 5.03. The first-order valence-electron chi connectivity index (χ1n) is 5.03. The summed E-state index contributed by atoms with van der Waals surface area (Å²) < 4.78 is 0. The van der Waals surface area contributed by atoms with Gasteiger partial charge in [0.05, 0.1) is 0 Å². The summed E-state index contributed by atoms with van der Waals surface area (Å²) in [7, 11) is 0. The number of rotatable bonds is 1. The molecule has 2 heteroatoms. The van der Waals surface area contributed by atoms with Gasteiger partial charge >= 0.3 is 0 Å². The highest BCUT2D eigenvalue weighted by atomic mass is 14.7. The van der Waals surface area contributed by atoms with Crippen LogP contribution in [0.1, 0.15) is 37.3 Å². The third-order valence-electron chi connectivity index (χ3n) is 2.88. The molecule has 1 aromatic rings. The third-order valence-corrected chi connectivity index (χ3v) is 2.88. The van der Waals surface area contributed by atoms with E-state index in [9.17, 15) is 0 Å². The van der Waals surface area contributed by atoms with Gasteiger partial charge in [0.2, 0.25) is 0 Å². The van der Waals surface area contributed by atoms with Gasteiger partial charge in [-0.1, -0.05) is 6.07 Å². The van der Waals surface area contributed by atoms with Crippen molar-refractivity contribution in [2.45, 2.75) is 37.6 Å². The number of nitrogens with two attached hydrogens (primary N) is 1. The molecule has 13 heavy (non-hydrogen) atoms. The number of aromatic nitrogens is 1. The smallest absolute Gasteiger partial charge is 0.0434 e. The van der Waals surface area contributed by atoms with E-state index in [4.69, 9.17) is 5.73 Å². The lowest BCUT2D eigenvalue weighted by molar-refractivity contribution is 0.390. The maximum absolute atomic E-state index is 5.85. The number of pyridine rings is 1. The molecular weight excluding hydrogens is 160 g/mol. The van der Waals surface area contributed by atoms with Crippen molar-refractivity contribution >= 4 is 0 Å². The zero-order valence-electron chi connectivity index (χ0n) is 7.82. The summed E-state index contributed by atoms with van der Waals surface area (Å²) in [4.78, 5) is 4.39. The van der Waals surface area contributed by atoms with E-state index in [0.717, 1.165) is 12.8 Å². The second-order valence-electron chi connectivity index (χ2n) is 3.87. The molecule has 0 amide bonds. The Morgan fingerprint density at radius 3 is 2.54 bits per heavy atom. The van der Waals surface area contributed by atoms with Crippen molar-refractivity contribution in [2.24, 2.45) is 5.73 Å². The van der Waals surface area contributed by atoms with Crippen LogP contribution in [0.25, 0.3) is 0 Å². The molecule has 1 fully saturated rings. The summed E-state index contributed by atoms with van der Waals surface area (Å²) in [5.41, 5.74) is 7.10. The van der Waals surface area contributed by atoms with Crippen LogP contribution in [0, 0.1) is 0 Å². The highest BCUT2D eigenvalue weighted by Gasteiger charge is 2.20. The molecular formula is C11H16N2. The molecule has 0 aliphatic heterocycles. The monoisotopic (exact) mass is 176 g/mol. The maximum Gasteiger partial charge on any atom is 0.0434 e. The molecule has 0 saturated heterocycles. The van der Waals surface area contributed by atoms with Gasteiger partial charge in [0.1, 0.15) is 0 Å². The topological polar surface area (TPSA) is 38.9 Å². The molecule has 0 unspecified atom stereocenters. The average Bonchev–Trinajstić information content (AvgIpc) is 2.20. The average molecular weight is 176 g/mol. The van der Waals surface area contributed by atoms with Gasteiger partial charge in [-0.2, -0.15) is 0 Å². The Balaban J connectivity index is 2.03. The van der Waals surface area contributed by atoms with Crippen molar-refractivity contribution in [3.63, 3.8) is 0 Å². The quantitative estimate of drug-likeness (QED) is 0.711. The standard InChI is InChI=1S/C11H16N2/c12-10-6-4-9(5-7-10)11-3-1-2-8-13-11/h1-3,8-10H,4-7,12H2/t9-,10-. The van der Waals surface area contributed by atoms with E-state index in [2.05, 4.69) is 17.1 Å². The molecule has 2 rings (SSSR count). The SMILES string of the molecule is N[C@H]1CC[C@H](c2ccccn2)CC1. The Labute approximate surface area is 79.2 Å². The van der Waals surface area contributed by atoms with Gasteiger partial charge in [0.15, 0.2) is 0 Å². The van der Waals surface area contributed by atoms with Crippen LogP contribution in [0.5, 0.6) is 0 Å². The van der Waals surface area contributed by atoms with Crippen molar-refractivity contribution < 1.29 is 0 Å². The van der Waals surface area contributed by atoms with E-state index in [1.54, 1.807) is 0 Å². The Bertz CT molecular complexity index is 250. The van der Waals surface area contributed by atoms with E-state index in [0.29, 0.717) is 12.0 Å². The van der Waals surface area contributed by atoms with Gasteiger partial charge in [-0.15, -0.1) is 0 Å². The molecule has 1 saturated carbocycles. The van der Waals surface area contributed by atoms with Crippen LogP contribution in [-0.2, 0) is 0 Å². The van der Waals surface area contributed by atoms with E-state index < -0.39 is 0 Å². The highest BCUT2D eigenvalue weighted by Crippen LogP contribution is 2.30. The largest absolute Gasteiger partial charge is 0.328 e. The second kappa shape index (κ2) is 3.88. The van der Waals surface area contributed by atoms with Crippen LogP contribution in [0.3, 0.4) is 0 Å². The molecule has 70 valence electrons. The number of hydrogen-bond acceptors (Lipinski definition) is 2. The Hall–Kier alpha value is -0.890. The van der Waals surface area contributed by atoms with Crippen molar-refractivity contribution in [1.29, 1.82) is 0 Å². The van der Waals surface area contributed by atoms with Gasteiger partial charge in [0, 0.05) is 23.9 Å². The van der Waals surface area contributed by atoms with Crippen LogP contribution >= 0.6 is 0 Å². The molecule has 0 atom stereocenters. The zero-order chi connectivity index (χ0) is 9.10. The maximum atomic E-state index is 5.85. The van der Waals surface area contributed by atoms with E-state index in [1.165, 1.54) is 18.5 Å². The fourth-order valence-electron chi connectivity index (χ4n) is 2.03. The van der Waals surface area contributed by atoms with E-state index in [-0.39, 0.29) is 0 Å². The van der Waals surface area contributed by atoms with Gasteiger partial charge in [-0.3, -0.25) is 4.98 Å². The van der Waals surface area contributed by atoms with Crippen molar-refractivity contribution in [3.05, 3.63) is 30.1 Å². The number of nitrogens with zero attached hydrogens (tertiary/aromatic N) is 1. The first-order chi connectivity index (χ1) is 6.36. The summed E-state index contributed by atoms with van der Waals surface area (Å²) in [5, 5.41) is 0. The lowest BCUT2D eigenvalue weighted by Gasteiger charge is -2.25. The molecule has 1 aromatic heterocycles. The zero-order valence-corrected chi connectivity index (χ0v) is 7.82. The summed E-state index contributed by atoms with van der Waals surface area (Å²) in [6.07, 6.45) is 6.60. The summed E-state index contributed by atoms with van der Waals surface area (Å²) in [6.45, 7) is 0. The van der Waals surface area contributed by atoms with E-state index >= 15 is 0 Å². The third kappa shape index (κ3) is 2.07. The molecule has 1 heterocycles. The van der Waals surface area contributed by atoms with Gasteiger partial charge in [0.25, 0.3) is 0 Å². The molecule has 1 aliphatic rings. The molecule has 0 radical (unpaired) electrons. The highest BCUT2D eigenvalue weighted by molar-refractivity contribution is 5.10. The first kappa shape index (κ1) is 8.70. The lowest BCUT2D eigenvalue weighted by atomic mass is 9.84. The molecule has 1 aliphatic carbocycles. The fourth-order valence-corrected chi connectivity index (χ4v) is 2.03. The van der Waals surface area contributed by atoms with Crippen LogP contribution in [0.15, 0.2) is 24.4 Å². The minimum Gasteiger partial charge on any atom is -0.328 e. The summed E-state index contributed by atoms with van der Waals surface area (Å²) in [5.74, 6) is 0.654. The molecule has 0 bridgehead atoms. The second-order valence-corrected chi connectivity index (χ2v) is 3.87. The predicted molar refractivity (Wildman–Crippen MR) is 53.4 cm³/mol. The van der Waals surface area contributed by atoms with Crippen molar-refractivity contribution in [3.8, 4) is 0 Å². The number of hydrogen-bond donors (Lipinski definition) is 1. The summed E-state index contributed by atoms with van der Waals surface area (Å²) >= 11 is 0. The van der Waals surface area contributed by atoms with Crippen LogP contribution < -0.4 is 5.73 Å². The van der Waals surface area contributed by atoms with Crippen LogP contribution in [-0.4, -0.2) is 11.0 Å². The fraction of sp³-hybridized carbons (Fsp3) is 0.545. The Kier molecular flexibility index (Phi) is 2.60. The predicted octanol–water partition coefficient (Wildman–Crippen LogP) is 2.07. The minimum atomic E-state index is 0.431. The lowest BCUT2D eigenvalue weighted by Crippen LogP contribution is -2.25. The Morgan fingerprint density at radius 1 is 1.15 bits per heavy atom. The van der Waals surface area contributed by atoms with Crippen LogP contribution in [0.2, 0.25) is 0 Å². The van der Waals surface area contributed by atoms with Crippen LogP contribution in [0.4, 0.5) is 0 Å². The van der Waals surface area contributed by atoms with Gasteiger partial charge < -0.3 is 5.73 Å².